The van der Waals surface area contributed by atoms with Crippen LogP contribution in [-0.2, 0) is 4.79 Å². The minimum absolute atomic E-state index is 0.0405. The quantitative estimate of drug-likeness (QED) is 0.756. The van der Waals surface area contributed by atoms with Crippen LogP contribution in [0.3, 0.4) is 0 Å². The van der Waals surface area contributed by atoms with Gasteiger partial charge in [-0.25, -0.2) is 0 Å². The number of nitrogens with zero attached hydrogens (tertiary/aromatic N) is 2. The Morgan fingerprint density at radius 3 is 2.74 bits per heavy atom. The van der Waals surface area contributed by atoms with Gasteiger partial charge in [-0.15, -0.1) is 0 Å². The average Bonchev–Trinajstić information content (AvgIpc) is 3.10. The Kier molecular flexibility index (Phi) is 4.12. The second-order valence-corrected chi connectivity index (χ2v) is 6.28. The Hall–Kier alpha value is -1.12. The molecule has 1 heterocycles. The summed E-state index contributed by atoms with van der Waals surface area (Å²) in [6.45, 7) is 6.04. The van der Waals surface area contributed by atoms with Gasteiger partial charge in [0.2, 0.25) is 5.91 Å². The second-order valence-electron chi connectivity index (χ2n) is 6.28. The van der Waals surface area contributed by atoms with E-state index in [1.807, 2.05) is 13.8 Å². The number of likely N-dealkylation sites (tertiary alicyclic amines) is 1. The first-order valence-corrected chi connectivity index (χ1v) is 7.15. The van der Waals surface area contributed by atoms with E-state index in [9.17, 15) is 10.1 Å². The zero-order valence-corrected chi connectivity index (χ0v) is 11.9. The van der Waals surface area contributed by atoms with E-state index in [0.717, 1.165) is 32.4 Å². The average molecular weight is 264 g/mol. The molecule has 2 rings (SSSR count). The molecule has 0 aromatic carbocycles. The topological polar surface area (TPSA) is 82.2 Å². The fraction of sp³-hybridized carbons (Fsp3) is 0.857. The van der Waals surface area contributed by atoms with E-state index in [1.54, 1.807) is 0 Å². The molecule has 5 nitrogen and oxygen atoms in total. The van der Waals surface area contributed by atoms with E-state index in [4.69, 9.17) is 5.73 Å². The lowest BCUT2D eigenvalue weighted by atomic mass is 9.98. The van der Waals surface area contributed by atoms with E-state index >= 15 is 0 Å². The van der Waals surface area contributed by atoms with Crippen LogP contribution >= 0.6 is 0 Å². The third-order valence-electron chi connectivity index (χ3n) is 4.44. The molecule has 1 saturated carbocycles. The van der Waals surface area contributed by atoms with Gasteiger partial charge in [-0.05, 0) is 51.5 Å². The summed E-state index contributed by atoms with van der Waals surface area (Å²) in [5.74, 6) is 0.775. The maximum absolute atomic E-state index is 12.0. The largest absolute Gasteiger partial charge is 0.337 e. The lowest BCUT2D eigenvalue weighted by molar-refractivity contribution is -0.123. The van der Waals surface area contributed by atoms with Crippen LogP contribution in [0.2, 0.25) is 0 Å². The molecule has 0 aromatic rings. The number of carbonyl (C=O) groups is 1. The van der Waals surface area contributed by atoms with Crippen LogP contribution in [0.15, 0.2) is 0 Å². The summed E-state index contributed by atoms with van der Waals surface area (Å²) < 4.78 is 0. The van der Waals surface area contributed by atoms with Gasteiger partial charge in [-0.1, -0.05) is 0 Å². The third kappa shape index (κ3) is 3.46. The highest BCUT2D eigenvalue weighted by Crippen LogP contribution is 2.39. The first-order valence-electron chi connectivity index (χ1n) is 7.15. The number of nitrogens with one attached hydrogen (secondary N) is 1. The molecular formula is C14H24N4O. The van der Waals surface area contributed by atoms with E-state index in [0.29, 0.717) is 18.4 Å². The molecule has 2 fully saturated rings. The first-order chi connectivity index (χ1) is 8.94. The monoisotopic (exact) mass is 264 g/mol. The summed E-state index contributed by atoms with van der Waals surface area (Å²) in [7, 11) is 0. The van der Waals surface area contributed by atoms with Crippen LogP contribution in [-0.4, -0.2) is 42.0 Å². The number of nitrogens with two attached hydrogens (primary N) is 1. The molecule has 19 heavy (non-hydrogen) atoms. The van der Waals surface area contributed by atoms with Gasteiger partial charge in [-0.2, -0.15) is 5.26 Å². The zero-order valence-electron chi connectivity index (χ0n) is 11.9. The maximum Gasteiger partial charge on any atom is 0.235 e. The standard InChI is InChI=1S/C14H24N4O/c1-10(16)11-5-6-18(7-11)8-13(19)17-14(2,9-15)12-3-4-12/h10-12H,3-8,16H2,1-2H3,(H,17,19). The molecule has 3 atom stereocenters. The van der Waals surface area contributed by atoms with E-state index in [2.05, 4.69) is 16.3 Å². The SMILES string of the molecule is CC(N)C1CCN(CC(=O)NC(C)(C#N)C2CC2)C1. The Morgan fingerprint density at radius 2 is 2.26 bits per heavy atom. The van der Waals surface area contributed by atoms with Crippen molar-refractivity contribution in [1.82, 2.24) is 10.2 Å². The van der Waals surface area contributed by atoms with Crippen molar-refractivity contribution in [2.75, 3.05) is 19.6 Å². The lowest BCUT2D eigenvalue weighted by Gasteiger charge is -2.25. The van der Waals surface area contributed by atoms with Gasteiger partial charge < -0.3 is 11.1 Å². The minimum Gasteiger partial charge on any atom is -0.337 e. The number of hydrogen-bond acceptors (Lipinski definition) is 4. The molecule has 1 aliphatic carbocycles. The summed E-state index contributed by atoms with van der Waals surface area (Å²) >= 11 is 0. The molecule has 106 valence electrons. The fourth-order valence-electron chi connectivity index (χ4n) is 2.85. The predicted molar refractivity (Wildman–Crippen MR) is 73.1 cm³/mol. The van der Waals surface area contributed by atoms with Crippen LogP contribution in [0.1, 0.15) is 33.1 Å². The summed E-state index contributed by atoms with van der Waals surface area (Å²) in [6, 6.07) is 2.44. The summed E-state index contributed by atoms with van der Waals surface area (Å²) in [6.07, 6.45) is 3.14. The van der Waals surface area contributed by atoms with Gasteiger partial charge in [0.25, 0.3) is 0 Å². The molecule has 0 spiro atoms. The molecule has 1 saturated heterocycles. The maximum atomic E-state index is 12.0. The zero-order chi connectivity index (χ0) is 14.0. The van der Waals surface area contributed by atoms with Crippen molar-refractivity contribution in [1.29, 1.82) is 5.26 Å². The number of nitriles is 1. The molecule has 5 heteroatoms. The molecule has 3 unspecified atom stereocenters. The second kappa shape index (κ2) is 5.48. The van der Waals surface area contributed by atoms with Crippen LogP contribution in [0.25, 0.3) is 0 Å². The van der Waals surface area contributed by atoms with Crippen molar-refractivity contribution in [2.24, 2.45) is 17.6 Å². The Balaban J connectivity index is 1.80. The third-order valence-corrected chi connectivity index (χ3v) is 4.44. The summed E-state index contributed by atoms with van der Waals surface area (Å²) in [5.41, 5.74) is 5.21. The van der Waals surface area contributed by atoms with Gasteiger partial charge in [0, 0.05) is 12.6 Å². The van der Waals surface area contributed by atoms with Gasteiger partial charge in [0.15, 0.2) is 0 Å². The molecular weight excluding hydrogens is 240 g/mol. The Labute approximate surface area is 115 Å². The Morgan fingerprint density at radius 1 is 1.58 bits per heavy atom. The highest BCUT2D eigenvalue weighted by molar-refractivity contribution is 5.79. The van der Waals surface area contributed by atoms with Crippen LogP contribution in [0.5, 0.6) is 0 Å². The lowest BCUT2D eigenvalue weighted by Crippen LogP contribution is -2.50. The molecule has 3 N–H and O–H groups in total. The normalized spacial score (nSPS) is 28.4. The van der Waals surface area contributed by atoms with Crippen LogP contribution in [0, 0.1) is 23.2 Å². The van der Waals surface area contributed by atoms with E-state index in [1.165, 1.54) is 0 Å². The Bertz CT molecular complexity index is 385. The summed E-state index contributed by atoms with van der Waals surface area (Å²) in [5, 5.41) is 12.1. The highest BCUT2D eigenvalue weighted by Gasteiger charge is 2.43. The summed E-state index contributed by atoms with van der Waals surface area (Å²) in [4.78, 5) is 14.2. The molecule has 0 bridgehead atoms. The molecule has 0 aromatic heterocycles. The number of rotatable bonds is 5. The van der Waals surface area contributed by atoms with E-state index in [-0.39, 0.29) is 11.9 Å². The van der Waals surface area contributed by atoms with Crippen molar-refractivity contribution in [2.45, 2.75) is 44.7 Å². The van der Waals surface area contributed by atoms with Gasteiger partial charge >= 0.3 is 0 Å². The van der Waals surface area contributed by atoms with Crippen LogP contribution in [0.4, 0.5) is 0 Å². The van der Waals surface area contributed by atoms with Crippen molar-refractivity contribution in [3.05, 3.63) is 0 Å². The number of amides is 1. The van der Waals surface area contributed by atoms with Crippen molar-refractivity contribution < 1.29 is 4.79 Å². The molecule has 0 radical (unpaired) electrons. The first kappa shape index (κ1) is 14.3. The molecule has 1 aliphatic heterocycles. The molecule has 2 aliphatic rings. The number of carbonyl (C=O) groups excluding carboxylic acids is 1. The van der Waals surface area contributed by atoms with Crippen molar-refractivity contribution in [3.63, 3.8) is 0 Å². The number of hydrogen-bond donors (Lipinski definition) is 2. The van der Waals surface area contributed by atoms with Crippen LogP contribution < -0.4 is 11.1 Å². The van der Waals surface area contributed by atoms with Gasteiger partial charge in [0.1, 0.15) is 5.54 Å². The van der Waals surface area contributed by atoms with Crippen molar-refractivity contribution in [3.8, 4) is 6.07 Å². The smallest absolute Gasteiger partial charge is 0.235 e. The minimum atomic E-state index is -0.683. The van der Waals surface area contributed by atoms with Gasteiger partial charge in [-0.3, -0.25) is 9.69 Å². The molecule has 1 amide bonds. The highest BCUT2D eigenvalue weighted by atomic mass is 16.2. The van der Waals surface area contributed by atoms with Gasteiger partial charge in [0.05, 0.1) is 12.6 Å². The predicted octanol–water partition coefficient (Wildman–Crippen LogP) is 0.464. The fourth-order valence-corrected chi connectivity index (χ4v) is 2.85. The van der Waals surface area contributed by atoms with Crippen molar-refractivity contribution >= 4 is 5.91 Å². The van der Waals surface area contributed by atoms with E-state index < -0.39 is 5.54 Å².